The van der Waals surface area contributed by atoms with E-state index in [-0.39, 0.29) is 30.2 Å². The number of hydrogen-bond acceptors (Lipinski definition) is 3. The Morgan fingerprint density at radius 3 is 2.76 bits per heavy atom. The third kappa shape index (κ3) is 4.16. The highest BCUT2D eigenvalue weighted by molar-refractivity contribution is 5.89. The molecule has 3 aromatic rings. The molecule has 1 fully saturated rings. The van der Waals surface area contributed by atoms with Crippen molar-refractivity contribution >= 4 is 22.8 Å². The number of hydrogen-bond donors (Lipinski definition) is 1. The van der Waals surface area contributed by atoms with Crippen molar-refractivity contribution in [1.82, 2.24) is 19.8 Å². The molecule has 1 aromatic heterocycles. The lowest BCUT2D eigenvalue weighted by atomic mass is 10.1. The molecule has 2 amide bonds. The molecule has 29 heavy (non-hydrogen) atoms. The maximum atomic E-state index is 12.6. The maximum absolute atomic E-state index is 12.6. The van der Waals surface area contributed by atoms with E-state index in [1.807, 2.05) is 72.7 Å². The number of imidazole rings is 1. The van der Waals surface area contributed by atoms with Gasteiger partial charge in [0.25, 0.3) is 0 Å². The summed E-state index contributed by atoms with van der Waals surface area (Å²) < 4.78 is 2.10. The molecule has 0 unspecified atom stereocenters. The number of amides is 2. The fraction of sp³-hybridized carbons (Fsp3) is 0.348. The van der Waals surface area contributed by atoms with Gasteiger partial charge in [-0.15, -0.1) is 0 Å². The summed E-state index contributed by atoms with van der Waals surface area (Å²) in [7, 11) is 0. The van der Waals surface area contributed by atoms with E-state index in [4.69, 9.17) is 0 Å². The van der Waals surface area contributed by atoms with E-state index in [0.29, 0.717) is 13.1 Å². The van der Waals surface area contributed by atoms with Crippen molar-refractivity contribution in [2.75, 3.05) is 13.1 Å². The third-order valence-corrected chi connectivity index (χ3v) is 5.68. The van der Waals surface area contributed by atoms with Crippen molar-refractivity contribution < 1.29 is 9.59 Å². The molecule has 0 spiro atoms. The molecule has 1 saturated heterocycles. The normalized spacial score (nSPS) is 17.6. The van der Waals surface area contributed by atoms with Crippen molar-refractivity contribution in [3.63, 3.8) is 0 Å². The smallest absolute Gasteiger partial charge is 0.225 e. The lowest BCUT2D eigenvalue weighted by Gasteiger charge is -2.25. The van der Waals surface area contributed by atoms with E-state index in [0.717, 1.165) is 29.6 Å². The summed E-state index contributed by atoms with van der Waals surface area (Å²) in [5.41, 5.74) is 3.17. The molecule has 150 valence electrons. The van der Waals surface area contributed by atoms with Crippen LogP contribution in [0.2, 0.25) is 0 Å². The van der Waals surface area contributed by atoms with Gasteiger partial charge in [0.15, 0.2) is 0 Å². The second kappa shape index (κ2) is 8.47. The molecule has 2 heterocycles. The van der Waals surface area contributed by atoms with Crippen molar-refractivity contribution in [2.24, 2.45) is 5.92 Å². The Hall–Kier alpha value is -3.15. The van der Waals surface area contributed by atoms with Crippen LogP contribution in [0, 0.1) is 5.92 Å². The van der Waals surface area contributed by atoms with Gasteiger partial charge in [-0.2, -0.15) is 0 Å². The summed E-state index contributed by atoms with van der Waals surface area (Å²) in [6.45, 7) is 3.88. The SMILES string of the molecule is C[C@@H](c1ccccc1)N1C[C@@H](C(=O)NCCCn2cnc3ccccc32)CC1=O. The molecule has 4 rings (SSSR count). The highest BCUT2D eigenvalue weighted by Crippen LogP contribution is 2.28. The van der Waals surface area contributed by atoms with Crippen LogP contribution in [0.15, 0.2) is 60.9 Å². The van der Waals surface area contributed by atoms with Crippen LogP contribution in [0.1, 0.15) is 31.4 Å². The van der Waals surface area contributed by atoms with Crippen LogP contribution in [-0.2, 0) is 16.1 Å². The number of fused-ring (bicyclic) bond motifs is 1. The number of carbonyl (C=O) groups excluding carboxylic acids is 2. The summed E-state index contributed by atoms with van der Waals surface area (Å²) >= 11 is 0. The van der Waals surface area contributed by atoms with Crippen LogP contribution < -0.4 is 5.32 Å². The minimum atomic E-state index is -0.275. The van der Waals surface area contributed by atoms with Gasteiger partial charge in [0.05, 0.1) is 29.3 Å². The molecular formula is C23H26N4O2. The topological polar surface area (TPSA) is 67.2 Å². The largest absolute Gasteiger partial charge is 0.356 e. The van der Waals surface area contributed by atoms with Crippen molar-refractivity contribution in [3.05, 3.63) is 66.5 Å². The fourth-order valence-electron chi connectivity index (χ4n) is 3.99. The quantitative estimate of drug-likeness (QED) is 0.630. The molecule has 6 heteroatoms. The average molecular weight is 390 g/mol. The number of carbonyl (C=O) groups is 2. The van der Waals surface area contributed by atoms with Crippen molar-refractivity contribution in [3.8, 4) is 0 Å². The Bertz CT molecular complexity index is 998. The highest BCUT2D eigenvalue weighted by Gasteiger charge is 2.36. The van der Waals surface area contributed by atoms with Gasteiger partial charge >= 0.3 is 0 Å². The van der Waals surface area contributed by atoms with Crippen molar-refractivity contribution in [2.45, 2.75) is 32.4 Å². The summed E-state index contributed by atoms with van der Waals surface area (Å²) in [6.07, 6.45) is 2.94. The number of nitrogens with one attached hydrogen (secondary N) is 1. The average Bonchev–Trinajstić information content (AvgIpc) is 3.35. The monoisotopic (exact) mass is 390 g/mol. The first-order chi connectivity index (χ1) is 14.1. The number of aromatic nitrogens is 2. The molecule has 1 aliphatic heterocycles. The Morgan fingerprint density at radius 1 is 1.17 bits per heavy atom. The fourth-order valence-corrected chi connectivity index (χ4v) is 3.99. The van der Waals surface area contributed by atoms with Crippen LogP contribution in [0.5, 0.6) is 0 Å². The number of likely N-dealkylation sites (tertiary alicyclic amines) is 1. The molecular weight excluding hydrogens is 364 g/mol. The molecule has 1 N–H and O–H groups in total. The summed E-state index contributed by atoms with van der Waals surface area (Å²) in [5, 5.41) is 3.00. The Morgan fingerprint density at radius 2 is 1.93 bits per heavy atom. The first-order valence-electron chi connectivity index (χ1n) is 10.2. The van der Waals surface area contributed by atoms with Gasteiger partial charge in [-0.05, 0) is 31.0 Å². The maximum Gasteiger partial charge on any atom is 0.225 e. The van der Waals surface area contributed by atoms with Gasteiger partial charge in [-0.3, -0.25) is 9.59 Å². The van der Waals surface area contributed by atoms with E-state index in [9.17, 15) is 9.59 Å². The van der Waals surface area contributed by atoms with E-state index in [2.05, 4.69) is 14.9 Å². The minimum absolute atomic E-state index is 0.0176. The van der Waals surface area contributed by atoms with Crippen LogP contribution >= 0.6 is 0 Å². The lowest BCUT2D eigenvalue weighted by molar-refractivity contribution is -0.130. The predicted molar refractivity (Wildman–Crippen MR) is 112 cm³/mol. The second-order valence-corrected chi connectivity index (χ2v) is 7.61. The van der Waals surface area contributed by atoms with E-state index < -0.39 is 0 Å². The van der Waals surface area contributed by atoms with Gasteiger partial charge in [0, 0.05) is 26.1 Å². The number of nitrogens with zero attached hydrogens (tertiary/aromatic N) is 3. The zero-order valence-corrected chi connectivity index (χ0v) is 16.6. The van der Waals surface area contributed by atoms with Gasteiger partial charge in [0.1, 0.15) is 0 Å². The first kappa shape index (κ1) is 19.2. The van der Waals surface area contributed by atoms with Crippen molar-refractivity contribution in [1.29, 1.82) is 0 Å². The number of benzene rings is 2. The third-order valence-electron chi connectivity index (χ3n) is 5.68. The van der Waals surface area contributed by atoms with E-state index in [1.54, 1.807) is 0 Å². The van der Waals surface area contributed by atoms with Crippen LogP contribution in [0.3, 0.4) is 0 Å². The summed E-state index contributed by atoms with van der Waals surface area (Å²) in [5.74, 6) is -0.259. The second-order valence-electron chi connectivity index (χ2n) is 7.61. The molecule has 0 radical (unpaired) electrons. The van der Waals surface area contributed by atoms with Crippen LogP contribution in [0.25, 0.3) is 11.0 Å². The molecule has 1 aliphatic rings. The minimum Gasteiger partial charge on any atom is -0.356 e. The first-order valence-corrected chi connectivity index (χ1v) is 10.2. The van der Waals surface area contributed by atoms with Gasteiger partial charge in [-0.1, -0.05) is 42.5 Å². The zero-order chi connectivity index (χ0) is 20.2. The summed E-state index contributed by atoms with van der Waals surface area (Å²) in [4.78, 5) is 31.2. The molecule has 0 saturated carbocycles. The standard InChI is InChI=1S/C23H26N4O2/c1-17(18-8-3-2-4-9-18)27-15-19(14-22(27)28)23(29)24-12-7-13-26-16-25-20-10-5-6-11-21(20)26/h2-6,8-11,16-17,19H,7,12-15H2,1H3,(H,24,29)/t17-,19-/m0/s1. The predicted octanol–water partition coefficient (Wildman–Crippen LogP) is 3.15. The van der Waals surface area contributed by atoms with E-state index >= 15 is 0 Å². The van der Waals surface area contributed by atoms with Gasteiger partial charge in [-0.25, -0.2) is 4.98 Å². The Labute approximate surface area is 170 Å². The number of aryl methyl sites for hydroxylation is 1. The number of para-hydroxylation sites is 2. The molecule has 0 aliphatic carbocycles. The van der Waals surface area contributed by atoms with Gasteiger partial charge < -0.3 is 14.8 Å². The van der Waals surface area contributed by atoms with Crippen LogP contribution in [-0.4, -0.2) is 39.4 Å². The highest BCUT2D eigenvalue weighted by atomic mass is 16.2. The molecule has 2 atom stereocenters. The van der Waals surface area contributed by atoms with Crippen LogP contribution in [0.4, 0.5) is 0 Å². The Kier molecular flexibility index (Phi) is 5.60. The Balaban J connectivity index is 1.26. The molecule has 2 aromatic carbocycles. The number of rotatable bonds is 7. The summed E-state index contributed by atoms with van der Waals surface area (Å²) in [6, 6.07) is 17.9. The van der Waals surface area contributed by atoms with E-state index in [1.165, 1.54) is 0 Å². The zero-order valence-electron chi connectivity index (χ0n) is 16.6. The lowest BCUT2D eigenvalue weighted by Crippen LogP contribution is -2.34. The van der Waals surface area contributed by atoms with Gasteiger partial charge in [0.2, 0.25) is 11.8 Å². The molecule has 0 bridgehead atoms. The molecule has 6 nitrogen and oxygen atoms in total.